The number of carbonyl (C=O) groups is 1. The van der Waals surface area contributed by atoms with Gasteiger partial charge in [-0.2, -0.15) is 0 Å². The van der Waals surface area contributed by atoms with Crippen LogP contribution in [0.15, 0.2) is 18.3 Å². The number of hydrogen-bond donors (Lipinski definition) is 2. The number of likely N-dealkylation sites (N-methyl/N-ethyl adjacent to an activating group) is 1. The van der Waals surface area contributed by atoms with Crippen molar-refractivity contribution in [3.63, 3.8) is 0 Å². The van der Waals surface area contributed by atoms with Crippen LogP contribution in [0.2, 0.25) is 0 Å². The average Bonchev–Trinajstić information content (AvgIpc) is 3.10. The van der Waals surface area contributed by atoms with Crippen molar-refractivity contribution in [1.82, 2.24) is 15.2 Å². The van der Waals surface area contributed by atoms with Crippen molar-refractivity contribution in [2.75, 3.05) is 44.7 Å². The van der Waals surface area contributed by atoms with E-state index in [-0.39, 0.29) is 49.0 Å². The first-order valence-electron chi connectivity index (χ1n) is 9.03. The fourth-order valence-electron chi connectivity index (χ4n) is 3.73. The number of nitrogens with one attached hydrogen (secondary N) is 1. The Morgan fingerprint density at radius 1 is 1.19 bits per heavy atom. The van der Waals surface area contributed by atoms with E-state index in [9.17, 15) is 4.79 Å². The Labute approximate surface area is 180 Å². The zero-order valence-electron chi connectivity index (χ0n) is 15.8. The van der Waals surface area contributed by atoms with Crippen LogP contribution in [0.25, 0.3) is 0 Å². The van der Waals surface area contributed by atoms with Crippen LogP contribution in [0.5, 0.6) is 0 Å². The Morgan fingerprint density at radius 3 is 2.48 bits per heavy atom. The average molecular weight is 441 g/mol. The molecule has 1 amide bonds. The van der Waals surface area contributed by atoms with Gasteiger partial charge in [0, 0.05) is 44.8 Å². The Bertz CT molecular complexity index is 552. The highest BCUT2D eigenvalue weighted by molar-refractivity contribution is 5.86. The molecule has 2 atom stereocenters. The number of piperazine rings is 1. The second kappa shape index (κ2) is 12.6. The lowest BCUT2D eigenvalue weighted by Gasteiger charge is -2.33. The highest BCUT2D eigenvalue weighted by atomic mass is 35.5. The summed E-state index contributed by atoms with van der Waals surface area (Å²) in [5, 5.41) is 3.06. The Kier molecular flexibility index (Phi) is 12.3. The highest BCUT2D eigenvalue weighted by Crippen LogP contribution is 2.31. The predicted molar refractivity (Wildman–Crippen MR) is 117 cm³/mol. The summed E-state index contributed by atoms with van der Waals surface area (Å²) in [7, 11) is 2.15. The van der Waals surface area contributed by atoms with E-state index < -0.39 is 0 Å². The lowest BCUT2D eigenvalue weighted by molar-refractivity contribution is -0.126. The zero-order chi connectivity index (χ0) is 16.9. The molecule has 9 heteroatoms. The van der Waals surface area contributed by atoms with Gasteiger partial charge in [-0.05, 0) is 44.0 Å². The molecule has 0 radical (unpaired) electrons. The minimum Gasteiger partial charge on any atom is -0.354 e. The van der Waals surface area contributed by atoms with Gasteiger partial charge in [-0.15, -0.1) is 37.2 Å². The van der Waals surface area contributed by atoms with Gasteiger partial charge in [-0.25, -0.2) is 4.98 Å². The third-order valence-electron chi connectivity index (χ3n) is 5.40. The standard InChI is InChI=1S/C18H29N5O.3ClH/c1-22-7-9-23(10-8-22)17-6-5-14(12-20-17)13-21-18(24)16-4-2-3-15(16)11-19;;;/h5-6,12,15-16H,2-4,7-11,13,19H2,1H3,(H,21,24);3*1H/t15-,16-;;;/m1.../s1. The second-order valence-corrected chi connectivity index (χ2v) is 7.07. The van der Waals surface area contributed by atoms with Crippen LogP contribution in [-0.4, -0.2) is 55.6 Å². The number of rotatable bonds is 5. The van der Waals surface area contributed by atoms with E-state index in [0.29, 0.717) is 19.0 Å². The third kappa shape index (κ3) is 6.95. The van der Waals surface area contributed by atoms with Gasteiger partial charge in [0.25, 0.3) is 0 Å². The maximum Gasteiger partial charge on any atom is 0.223 e. The van der Waals surface area contributed by atoms with Gasteiger partial charge < -0.3 is 20.9 Å². The van der Waals surface area contributed by atoms with Crippen LogP contribution >= 0.6 is 37.2 Å². The summed E-state index contributed by atoms with van der Waals surface area (Å²) in [5.74, 6) is 1.61. The number of nitrogens with two attached hydrogens (primary N) is 1. The molecular formula is C18H32Cl3N5O. The van der Waals surface area contributed by atoms with Gasteiger partial charge >= 0.3 is 0 Å². The Balaban J connectivity index is 0.00000225. The molecule has 2 fully saturated rings. The van der Waals surface area contributed by atoms with E-state index in [0.717, 1.165) is 56.8 Å². The largest absolute Gasteiger partial charge is 0.354 e. The fraction of sp³-hybridized carbons (Fsp3) is 0.667. The van der Waals surface area contributed by atoms with Gasteiger partial charge in [-0.1, -0.05) is 12.5 Å². The topological polar surface area (TPSA) is 74.5 Å². The summed E-state index contributed by atoms with van der Waals surface area (Å²) >= 11 is 0. The minimum absolute atomic E-state index is 0. The van der Waals surface area contributed by atoms with Crippen LogP contribution in [0.1, 0.15) is 24.8 Å². The van der Waals surface area contributed by atoms with Crippen molar-refractivity contribution >= 4 is 48.9 Å². The van der Waals surface area contributed by atoms with E-state index in [4.69, 9.17) is 5.73 Å². The SMILES string of the molecule is CN1CCN(c2ccc(CNC(=O)[C@@H]3CCC[C@@H]3CN)cn2)CC1.Cl.Cl.Cl. The molecular weight excluding hydrogens is 409 g/mol. The molecule has 2 heterocycles. The number of amides is 1. The van der Waals surface area contributed by atoms with E-state index >= 15 is 0 Å². The van der Waals surface area contributed by atoms with Crippen molar-refractivity contribution in [1.29, 1.82) is 0 Å². The van der Waals surface area contributed by atoms with Crippen LogP contribution in [-0.2, 0) is 11.3 Å². The summed E-state index contributed by atoms with van der Waals surface area (Å²) in [4.78, 5) is 21.5. The first kappa shape index (κ1) is 26.2. The molecule has 1 aromatic heterocycles. The molecule has 1 aromatic rings. The second-order valence-electron chi connectivity index (χ2n) is 7.07. The number of carbonyl (C=O) groups excluding carboxylic acids is 1. The molecule has 1 aliphatic carbocycles. The van der Waals surface area contributed by atoms with Crippen LogP contribution in [0, 0.1) is 11.8 Å². The molecule has 1 saturated heterocycles. The maximum atomic E-state index is 12.3. The number of pyridine rings is 1. The molecule has 0 spiro atoms. The molecule has 0 aromatic carbocycles. The maximum absolute atomic E-state index is 12.3. The molecule has 2 aliphatic rings. The van der Waals surface area contributed by atoms with Gasteiger partial charge in [0.05, 0.1) is 0 Å². The fourth-order valence-corrected chi connectivity index (χ4v) is 3.73. The molecule has 1 aliphatic heterocycles. The summed E-state index contributed by atoms with van der Waals surface area (Å²) < 4.78 is 0. The monoisotopic (exact) mass is 439 g/mol. The van der Waals surface area contributed by atoms with Gasteiger partial charge in [0.15, 0.2) is 0 Å². The van der Waals surface area contributed by atoms with Crippen LogP contribution in [0.4, 0.5) is 5.82 Å². The normalized spacial score (nSPS) is 22.2. The number of anilines is 1. The first-order valence-corrected chi connectivity index (χ1v) is 9.03. The molecule has 27 heavy (non-hydrogen) atoms. The zero-order valence-corrected chi connectivity index (χ0v) is 18.3. The van der Waals surface area contributed by atoms with Crippen molar-refractivity contribution in [3.05, 3.63) is 23.9 Å². The number of halogens is 3. The first-order chi connectivity index (χ1) is 11.7. The molecule has 156 valence electrons. The highest BCUT2D eigenvalue weighted by Gasteiger charge is 2.31. The van der Waals surface area contributed by atoms with Crippen molar-refractivity contribution in [2.24, 2.45) is 17.6 Å². The predicted octanol–water partition coefficient (Wildman–Crippen LogP) is 2.09. The number of nitrogens with zero attached hydrogens (tertiary/aromatic N) is 3. The van der Waals surface area contributed by atoms with Crippen molar-refractivity contribution in [2.45, 2.75) is 25.8 Å². The van der Waals surface area contributed by atoms with E-state index in [1.54, 1.807) is 0 Å². The van der Waals surface area contributed by atoms with Crippen LogP contribution in [0.3, 0.4) is 0 Å². The summed E-state index contributed by atoms with van der Waals surface area (Å²) in [5.41, 5.74) is 6.81. The molecule has 0 unspecified atom stereocenters. The third-order valence-corrected chi connectivity index (χ3v) is 5.40. The molecule has 1 saturated carbocycles. The lowest BCUT2D eigenvalue weighted by atomic mass is 9.95. The summed E-state index contributed by atoms with van der Waals surface area (Å²) in [6.45, 7) is 5.33. The number of aromatic nitrogens is 1. The van der Waals surface area contributed by atoms with Crippen molar-refractivity contribution in [3.8, 4) is 0 Å². The summed E-state index contributed by atoms with van der Waals surface area (Å²) in [6.07, 6.45) is 5.04. The molecule has 3 rings (SSSR count). The lowest BCUT2D eigenvalue weighted by Crippen LogP contribution is -2.44. The summed E-state index contributed by atoms with van der Waals surface area (Å²) in [6, 6.07) is 4.13. The molecule has 0 bridgehead atoms. The van der Waals surface area contributed by atoms with Gasteiger partial charge in [0.2, 0.25) is 5.91 Å². The molecule has 3 N–H and O–H groups in total. The number of hydrogen-bond acceptors (Lipinski definition) is 5. The molecule has 6 nitrogen and oxygen atoms in total. The van der Waals surface area contributed by atoms with E-state index in [2.05, 4.69) is 39.3 Å². The van der Waals surface area contributed by atoms with Gasteiger partial charge in [-0.3, -0.25) is 4.79 Å². The smallest absolute Gasteiger partial charge is 0.223 e. The van der Waals surface area contributed by atoms with Crippen molar-refractivity contribution < 1.29 is 4.79 Å². The quantitative estimate of drug-likeness (QED) is 0.733. The van der Waals surface area contributed by atoms with E-state index in [1.807, 2.05) is 6.20 Å². The van der Waals surface area contributed by atoms with Gasteiger partial charge in [0.1, 0.15) is 5.82 Å². The minimum atomic E-state index is 0. The Hall–Kier alpha value is -0.790. The van der Waals surface area contributed by atoms with E-state index in [1.165, 1.54) is 0 Å². The Morgan fingerprint density at radius 2 is 1.89 bits per heavy atom. The van der Waals surface area contributed by atoms with Crippen LogP contribution < -0.4 is 16.0 Å².